The van der Waals surface area contributed by atoms with Crippen molar-refractivity contribution in [1.82, 2.24) is 20.9 Å². The van der Waals surface area contributed by atoms with Crippen molar-refractivity contribution in [3.05, 3.63) is 108 Å². The molecule has 4 unspecified atom stereocenters. The van der Waals surface area contributed by atoms with Gasteiger partial charge in [0.25, 0.3) is 0 Å². The fourth-order valence-electron chi connectivity index (χ4n) is 5.07. The Morgan fingerprint density at radius 1 is 0.902 bits per heavy atom. The van der Waals surface area contributed by atoms with Crippen LogP contribution in [-0.4, -0.2) is 54.8 Å². The average molecular weight is 555 g/mol. The zero-order valence-electron chi connectivity index (χ0n) is 23.9. The predicted molar refractivity (Wildman–Crippen MR) is 160 cm³/mol. The van der Waals surface area contributed by atoms with Gasteiger partial charge in [0.15, 0.2) is 6.10 Å². The van der Waals surface area contributed by atoms with E-state index in [1.54, 1.807) is 24.4 Å². The first-order valence-corrected chi connectivity index (χ1v) is 13.8. The number of amides is 3. The molecule has 0 saturated carbocycles. The van der Waals surface area contributed by atoms with Crippen molar-refractivity contribution >= 4 is 23.8 Å². The molecule has 3 aromatic carbocycles. The largest absolute Gasteiger partial charge is 0.483 e. The summed E-state index contributed by atoms with van der Waals surface area (Å²) in [6, 6.07) is 23.6. The van der Waals surface area contributed by atoms with Gasteiger partial charge in [-0.05, 0) is 54.9 Å². The number of hydrogen-bond donors (Lipinski definition) is 3. The van der Waals surface area contributed by atoms with Crippen LogP contribution < -0.4 is 20.7 Å². The van der Waals surface area contributed by atoms with Crippen molar-refractivity contribution in [1.29, 1.82) is 0 Å². The molecule has 214 valence electrons. The van der Waals surface area contributed by atoms with Crippen LogP contribution in [0.1, 0.15) is 36.6 Å². The molecule has 0 fully saturated rings. The highest BCUT2D eigenvalue weighted by atomic mass is 16.5. The van der Waals surface area contributed by atoms with E-state index in [1.807, 2.05) is 106 Å². The van der Waals surface area contributed by atoms with Gasteiger partial charge in [0, 0.05) is 12.6 Å². The zero-order chi connectivity index (χ0) is 29.4. The van der Waals surface area contributed by atoms with Crippen molar-refractivity contribution in [2.45, 2.75) is 44.5 Å². The minimum atomic E-state index is -1.14. The predicted octanol–water partition coefficient (Wildman–Crippen LogP) is 3.71. The maximum Gasteiger partial charge on any atom is 0.247 e. The molecular formula is C33H38N4O4. The first-order valence-electron chi connectivity index (χ1n) is 13.8. The van der Waals surface area contributed by atoms with Crippen LogP contribution in [-0.2, 0) is 20.8 Å². The Morgan fingerprint density at radius 3 is 2.15 bits per heavy atom. The van der Waals surface area contributed by atoms with Crippen molar-refractivity contribution < 1.29 is 19.1 Å². The number of hydrogen-bond acceptors (Lipinski definition) is 5. The Morgan fingerprint density at radius 2 is 1.54 bits per heavy atom. The molecule has 8 heteroatoms. The average Bonchev–Trinajstić information content (AvgIpc) is 2.95. The van der Waals surface area contributed by atoms with Gasteiger partial charge in [0.1, 0.15) is 17.8 Å². The quantitative estimate of drug-likeness (QED) is 0.414. The zero-order valence-corrected chi connectivity index (χ0v) is 23.9. The van der Waals surface area contributed by atoms with Gasteiger partial charge < -0.3 is 20.7 Å². The maximum atomic E-state index is 14.1. The SMILES string of the molecule is CC(C)C(C(=O)NC1C(=O)NC(Cc2ccccc2)C(=O)N/C=C\c2ccc(cc2)OC1c1ccccc1)N(C)C. The summed E-state index contributed by atoms with van der Waals surface area (Å²) < 4.78 is 6.45. The Balaban J connectivity index is 1.79. The van der Waals surface area contributed by atoms with Crippen LogP contribution in [0.4, 0.5) is 0 Å². The molecule has 3 N–H and O–H groups in total. The molecule has 41 heavy (non-hydrogen) atoms. The van der Waals surface area contributed by atoms with Gasteiger partial charge in [-0.1, -0.05) is 86.6 Å². The molecule has 0 aromatic heterocycles. The Bertz CT molecular complexity index is 1330. The van der Waals surface area contributed by atoms with Crippen LogP contribution >= 0.6 is 0 Å². The third-order valence-electron chi connectivity index (χ3n) is 7.03. The lowest BCUT2D eigenvalue weighted by Crippen LogP contribution is -2.59. The first-order chi connectivity index (χ1) is 19.7. The third-order valence-corrected chi connectivity index (χ3v) is 7.03. The lowest BCUT2D eigenvalue weighted by Gasteiger charge is -2.33. The molecule has 4 atom stereocenters. The second-order valence-electron chi connectivity index (χ2n) is 10.7. The molecule has 2 bridgehead atoms. The molecule has 8 nitrogen and oxygen atoms in total. The van der Waals surface area contributed by atoms with E-state index in [-0.39, 0.29) is 24.2 Å². The Labute approximate surface area is 241 Å². The van der Waals surface area contributed by atoms with Crippen LogP contribution in [0, 0.1) is 5.92 Å². The molecule has 2 aliphatic rings. The third kappa shape index (κ3) is 7.83. The van der Waals surface area contributed by atoms with E-state index >= 15 is 0 Å². The molecule has 0 aliphatic carbocycles. The Hall–Kier alpha value is -4.43. The van der Waals surface area contributed by atoms with E-state index in [2.05, 4.69) is 16.0 Å². The van der Waals surface area contributed by atoms with Gasteiger partial charge in [0.05, 0.1) is 6.04 Å². The topological polar surface area (TPSA) is 99.8 Å². The van der Waals surface area contributed by atoms with Crippen molar-refractivity contribution in [3.63, 3.8) is 0 Å². The van der Waals surface area contributed by atoms with Crippen molar-refractivity contribution in [3.8, 4) is 5.75 Å². The number of rotatable bonds is 7. The Kier molecular flexibility index (Phi) is 9.92. The van der Waals surface area contributed by atoms with Gasteiger partial charge in [-0.15, -0.1) is 0 Å². The minimum absolute atomic E-state index is 0.0152. The van der Waals surface area contributed by atoms with Crippen molar-refractivity contribution in [2.75, 3.05) is 14.1 Å². The summed E-state index contributed by atoms with van der Waals surface area (Å²) in [5.74, 6) is -0.681. The van der Waals surface area contributed by atoms with E-state index in [4.69, 9.17) is 4.74 Å². The van der Waals surface area contributed by atoms with E-state index in [9.17, 15) is 14.4 Å². The van der Waals surface area contributed by atoms with E-state index < -0.39 is 30.1 Å². The second-order valence-corrected chi connectivity index (χ2v) is 10.7. The van der Waals surface area contributed by atoms with E-state index in [0.717, 1.165) is 11.1 Å². The normalized spacial score (nSPS) is 20.9. The molecule has 2 aliphatic heterocycles. The fourth-order valence-corrected chi connectivity index (χ4v) is 5.07. The number of nitrogens with one attached hydrogen (secondary N) is 3. The van der Waals surface area contributed by atoms with Gasteiger partial charge in [-0.2, -0.15) is 0 Å². The molecular weight excluding hydrogens is 516 g/mol. The number of fused-ring (bicyclic) bond motifs is 10. The van der Waals surface area contributed by atoms with Crippen molar-refractivity contribution in [2.24, 2.45) is 5.92 Å². The summed E-state index contributed by atoms with van der Waals surface area (Å²) in [7, 11) is 3.66. The summed E-state index contributed by atoms with van der Waals surface area (Å²) in [5, 5.41) is 8.71. The monoisotopic (exact) mass is 554 g/mol. The number of nitrogens with zero attached hydrogens (tertiary/aromatic N) is 1. The molecule has 3 amide bonds. The lowest BCUT2D eigenvalue weighted by atomic mass is 9.97. The van der Waals surface area contributed by atoms with Gasteiger partial charge in [0.2, 0.25) is 17.7 Å². The van der Waals surface area contributed by atoms with E-state index in [0.29, 0.717) is 11.3 Å². The van der Waals surface area contributed by atoms with Crippen LogP contribution in [0.25, 0.3) is 6.08 Å². The summed E-state index contributed by atoms with van der Waals surface area (Å²) in [4.78, 5) is 43.0. The molecule has 0 radical (unpaired) electrons. The molecule has 5 rings (SSSR count). The summed E-state index contributed by atoms with van der Waals surface area (Å²) in [6.45, 7) is 3.91. The summed E-state index contributed by atoms with van der Waals surface area (Å²) in [6.07, 6.45) is 2.73. The minimum Gasteiger partial charge on any atom is -0.483 e. The fraction of sp³-hybridized carbons (Fsp3) is 0.303. The van der Waals surface area contributed by atoms with Crippen LogP contribution in [0.15, 0.2) is 91.1 Å². The summed E-state index contributed by atoms with van der Waals surface area (Å²) >= 11 is 0. The number of ether oxygens (including phenoxy) is 1. The van der Waals surface area contributed by atoms with Crippen LogP contribution in [0.2, 0.25) is 0 Å². The molecule has 0 spiro atoms. The maximum absolute atomic E-state index is 14.1. The van der Waals surface area contributed by atoms with Gasteiger partial charge in [-0.3, -0.25) is 19.3 Å². The standard InChI is InChI=1S/C33H38N4O4/c1-22(2)29(37(3)4)33(40)36-28-30(25-13-9-6-10-14-25)41-26-17-15-23(16-18-26)19-20-34-31(38)27(35-32(28)39)21-24-11-7-5-8-12-24/h5-20,22,27-30H,21H2,1-4H3,(H,34,38)(H,35,39)(H,36,40)/b20-19-. The van der Waals surface area contributed by atoms with Gasteiger partial charge >= 0.3 is 0 Å². The molecule has 3 aromatic rings. The summed E-state index contributed by atoms with van der Waals surface area (Å²) in [5.41, 5.74) is 2.46. The second kappa shape index (κ2) is 13.8. The molecule has 2 heterocycles. The van der Waals surface area contributed by atoms with Gasteiger partial charge in [-0.25, -0.2) is 0 Å². The first kappa shape index (κ1) is 29.6. The highest BCUT2D eigenvalue weighted by molar-refractivity contribution is 5.94. The highest BCUT2D eigenvalue weighted by Crippen LogP contribution is 2.27. The lowest BCUT2D eigenvalue weighted by molar-refractivity contribution is -0.136. The van der Waals surface area contributed by atoms with Crippen LogP contribution in [0.3, 0.4) is 0 Å². The number of carbonyl (C=O) groups is 3. The molecule has 0 saturated heterocycles. The number of benzene rings is 3. The smallest absolute Gasteiger partial charge is 0.247 e. The van der Waals surface area contributed by atoms with E-state index in [1.165, 1.54) is 0 Å². The van der Waals surface area contributed by atoms with Crippen LogP contribution in [0.5, 0.6) is 5.75 Å². The highest BCUT2D eigenvalue weighted by Gasteiger charge is 2.37. The number of carbonyl (C=O) groups excluding carboxylic acids is 3. The number of likely N-dealkylation sites (N-methyl/N-ethyl adjacent to an activating group) is 1.